The summed E-state index contributed by atoms with van der Waals surface area (Å²) in [6, 6.07) is 6.08. The summed E-state index contributed by atoms with van der Waals surface area (Å²) in [7, 11) is 0. The first-order chi connectivity index (χ1) is 15.8. The minimum atomic E-state index is -0.530. The number of carbonyl (C=O) groups excluding carboxylic acids is 2. The van der Waals surface area contributed by atoms with Gasteiger partial charge in [-0.25, -0.2) is 0 Å². The molecule has 2 heterocycles. The molecule has 1 amide bonds. The number of amides is 1. The Morgan fingerprint density at radius 2 is 1.76 bits per heavy atom. The van der Waals surface area contributed by atoms with Gasteiger partial charge in [0.25, 0.3) is 0 Å². The van der Waals surface area contributed by atoms with E-state index in [9.17, 15) is 9.59 Å². The third-order valence-electron chi connectivity index (χ3n) is 7.09. The largest absolute Gasteiger partial charge is 0.494 e. The van der Waals surface area contributed by atoms with E-state index in [1.807, 2.05) is 37.8 Å². The molecular formula is C27H40N2O4. The number of rotatable bonds is 7. The molecule has 3 aliphatic rings. The van der Waals surface area contributed by atoms with E-state index in [-0.39, 0.29) is 23.7 Å². The number of hydrogen-bond acceptors (Lipinski definition) is 5. The second-order valence-corrected chi connectivity index (χ2v) is 10.8. The van der Waals surface area contributed by atoms with Crippen LogP contribution in [0.3, 0.4) is 0 Å². The Balaban J connectivity index is 1.32. The van der Waals surface area contributed by atoms with E-state index in [0.717, 1.165) is 62.3 Å². The maximum atomic E-state index is 13.4. The van der Waals surface area contributed by atoms with Crippen molar-refractivity contribution in [2.24, 2.45) is 11.8 Å². The highest BCUT2D eigenvalue weighted by molar-refractivity contribution is 5.99. The maximum absolute atomic E-state index is 13.4. The van der Waals surface area contributed by atoms with E-state index in [1.54, 1.807) is 0 Å². The van der Waals surface area contributed by atoms with Gasteiger partial charge in [-0.2, -0.15) is 0 Å². The Kier molecular flexibility index (Phi) is 7.62. The van der Waals surface area contributed by atoms with Crippen molar-refractivity contribution in [2.75, 3.05) is 37.7 Å². The number of fused-ring (bicyclic) bond motifs is 1. The highest BCUT2D eigenvalue weighted by Gasteiger charge is 2.43. The predicted molar refractivity (Wildman–Crippen MR) is 130 cm³/mol. The number of nitrogens with zero attached hydrogens (tertiary/aromatic N) is 2. The fourth-order valence-corrected chi connectivity index (χ4v) is 5.47. The number of piperidine rings is 1. The molecule has 2 atom stereocenters. The van der Waals surface area contributed by atoms with E-state index in [2.05, 4.69) is 11.0 Å². The Labute approximate surface area is 198 Å². The molecule has 0 N–H and O–H groups in total. The van der Waals surface area contributed by atoms with Crippen LogP contribution in [-0.2, 0) is 20.7 Å². The van der Waals surface area contributed by atoms with Gasteiger partial charge in [0.15, 0.2) is 0 Å². The maximum Gasteiger partial charge on any atom is 0.310 e. The Morgan fingerprint density at radius 1 is 1.00 bits per heavy atom. The van der Waals surface area contributed by atoms with Crippen LogP contribution in [-0.4, -0.2) is 55.2 Å². The van der Waals surface area contributed by atoms with Crippen LogP contribution in [0.5, 0.6) is 5.75 Å². The molecular weight excluding hydrogens is 416 g/mol. The average Bonchev–Trinajstić information content (AvgIpc) is 3.43. The van der Waals surface area contributed by atoms with Gasteiger partial charge in [-0.1, -0.05) is 12.8 Å². The van der Waals surface area contributed by atoms with Gasteiger partial charge >= 0.3 is 5.97 Å². The lowest BCUT2D eigenvalue weighted by atomic mass is 9.94. The van der Waals surface area contributed by atoms with Crippen molar-refractivity contribution in [1.29, 1.82) is 0 Å². The summed E-state index contributed by atoms with van der Waals surface area (Å²) >= 11 is 0. The van der Waals surface area contributed by atoms with E-state index >= 15 is 0 Å². The van der Waals surface area contributed by atoms with Gasteiger partial charge in [-0.05, 0) is 96.1 Å². The van der Waals surface area contributed by atoms with Gasteiger partial charge in [0, 0.05) is 18.8 Å². The number of carbonyl (C=O) groups is 2. The number of ether oxygens (including phenoxy) is 2. The summed E-state index contributed by atoms with van der Waals surface area (Å²) in [5.41, 5.74) is 1.59. The molecule has 1 aromatic carbocycles. The summed E-state index contributed by atoms with van der Waals surface area (Å²) < 4.78 is 11.6. The summed E-state index contributed by atoms with van der Waals surface area (Å²) in [6.45, 7) is 10.6. The van der Waals surface area contributed by atoms with Crippen LogP contribution in [0, 0.1) is 11.8 Å². The SMILES string of the molecule is CC(C)(C)OC(=O)C1CCC[C@H]1C(=O)N1CCc2cc(OCCCN3CCCCC3)ccc21. The van der Waals surface area contributed by atoms with Crippen LogP contribution in [0.1, 0.15) is 71.3 Å². The molecule has 0 radical (unpaired) electrons. The van der Waals surface area contributed by atoms with E-state index in [4.69, 9.17) is 9.47 Å². The molecule has 0 spiro atoms. The fraction of sp³-hybridized carbons (Fsp3) is 0.704. The van der Waals surface area contributed by atoms with Gasteiger partial charge < -0.3 is 19.3 Å². The highest BCUT2D eigenvalue weighted by atomic mass is 16.6. The quantitative estimate of drug-likeness (QED) is 0.444. The van der Waals surface area contributed by atoms with Crippen LogP contribution in [0.4, 0.5) is 5.69 Å². The van der Waals surface area contributed by atoms with Gasteiger partial charge in [0.2, 0.25) is 5.91 Å². The first kappa shape index (κ1) is 24.1. The average molecular weight is 457 g/mol. The second kappa shape index (κ2) is 10.5. The Hall–Kier alpha value is -2.08. The van der Waals surface area contributed by atoms with Crippen LogP contribution in [0.25, 0.3) is 0 Å². The molecule has 0 aromatic heterocycles. The third kappa shape index (κ3) is 6.08. The number of benzene rings is 1. The number of anilines is 1. The molecule has 33 heavy (non-hydrogen) atoms. The zero-order valence-electron chi connectivity index (χ0n) is 20.6. The van der Waals surface area contributed by atoms with Crippen molar-refractivity contribution in [3.8, 4) is 5.75 Å². The second-order valence-electron chi connectivity index (χ2n) is 10.8. The molecule has 4 rings (SSSR count). The topological polar surface area (TPSA) is 59.1 Å². The van der Waals surface area contributed by atoms with E-state index in [0.29, 0.717) is 6.54 Å². The number of hydrogen-bond donors (Lipinski definition) is 0. The van der Waals surface area contributed by atoms with Gasteiger partial charge in [0.1, 0.15) is 11.4 Å². The molecule has 1 aliphatic carbocycles. The summed E-state index contributed by atoms with van der Waals surface area (Å²) in [4.78, 5) is 30.5. The standard InChI is InChI=1S/C27H40N2O4/c1-27(2,3)33-26(31)23-10-7-9-22(23)25(30)29-17-13-20-19-21(11-12-24(20)29)32-18-8-16-28-14-5-4-6-15-28/h11-12,19,22-23H,4-10,13-18H2,1-3H3/t22-,23?/m1/s1. The normalized spacial score (nSPS) is 23.4. The molecule has 1 saturated heterocycles. The number of esters is 1. The van der Waals surface area contributed by atoms with Gasteiger partial charge in [-0.15, -0.1) is 0 Å². The lowest BCUT2D eigenvalue weighted by Crippen LogP contribution is -2.40. The highest BCUT2D eigenvalue weighted by Crippen LogP contribution is 2.39. The van der Waals surface area contributed by atoms with Crippen LogP contribution >= 0.6 is 0 Å². The molecule has 182 valence electrons. The Bertz CT molecular complexity index is 841. The zero-order chi connectivity index (χ0) is 23.4. The molecule has 6 nitrogen and oxygen atoms in total. The molecule has 1 saturated carbocycles. The molecule has 1 aromatic rings. The number of likely N-dealkylation sites (tertiary alicyclic amines) is 1. The molecule has 2 fully saturated rings. The summed E-state index contributed by atoms with van der Waals surface area (Å²) in [6.07, 6.45) is 8.25. The Morgan fingerprint density at radius 3 is 2.52 bits per heavy atom. The first-order valence-corrected chi connectivity index (χ1v) is 12.8. The lowest BCUT2D eigenvalue weighted by Gasteiger charge is -2.27. The first-order valence-electron chi connectivity index (χ1n) is 12.8. The molecule has 2 aliphatic heterocycles. The van der Waals surface area contributed by atoms with E-state index < -0.39 is 5.60 Å². The zero-order valence-corrected chi connectivity index (χ0v) is 20.6. The van der Waals surface area contributed by atoms with Gasteiger partial charge in [-0.3, -0.25) is 9.59 Å². The van der Waals surface area contributed by atoms with E-state index in [1.165, 1.54) is 32.4 Å². The van der Waals surface area contributed by atoms with Gasteiger partial charge in [0.05, 0.1) is 18.4 Å². The summed E-state index contributed by atoms with van der Waals surface area (Å²) in [5, 5.41) is 0. The molecule has 0 bridgehead atoms. The third-order valence-corrected chi connectivity index (χ3v) is 7.09. The van der Waals surface area contributed by atoms with Crippen molar-refractivity contribution in [2.45, 2.75) is 77.7 Å². The van der Waals surface area contributed by atoms with Crippen LogP contribution in [0.15, 0.2) is 18.2 Å². The lowest BCUT2D eigenvalue weighted by molar-refractivity contribution is -0.162. The van der Waals surface area contributed by atoms with Crippen molar-refractivity contribution in [1.82, 2.24) is 4.90 Å². The molecule has 6 heteroatoms. The van der Waals surface area contributed by atoms with Crippen LogP contribution < -0.4 is 9.64 Å². The predicted octanol–water partition coefficient (Wildman–Crippen LogP) is 4.59. The van der Waals surface area contributed by atoms with Crippen molar-refractivity contribution < 1.29 is 19.1 Å². The summed E-state index contributed by atoms with van der Waals surface area (Å²) in [5.74, 6) is 0.109. The monoisotopic (exact) mass is 456 g/mol. The fourth-order valence-electron chi connectivity index (χ4n) is 5.47. The van der Waals surface area contributed by atoms with Crippen LogP contribution in [0.2, 0.25) is 0 Å². The minimum Gasteiger partial charge on any atom is -0.494 e. The van der Waals surface area contributed by atoms with Crippen molar-refractivity contribution in [3.63, 3.8) is 0 Å². The van der Waals surface area contributed by atoms with Crippen molar-refractivity contribution in [3.05, 3.63) is 23.8 Å². The van der Waals surface area contributed by atoms with Crippen molar-refractivity contribution >= 4 is 17.6 Å². The smallest absolute Gasteiger partial charge is 0.310 e. The minimum absolute atomic E-state index is 0.0670. The molecule has 1 unspecified atom stereocenters.